The molecule has 0 saturated carbocycles. The van der Waals surface area contributed by atoms with Crippen LogP contribution in [-0.2, 0) is 28.5 Å². The lowest BCUT2D eigenvalue weighted by molar-refractivity contribution is -0.172. The van der Waals surface area contributed by atoms with E-state index in [0.29, 0.717) is 0 Å². The predicted molar refractivity (Wildman–Crippen MR) is 148 cm³/mol. The molecule has 2 heterocycles. The first kappa shape index (κ1) is 38.8. The Bertz CT molecular complexity index is 1130. The van der Waals surface area contributed by atoms with E-state index >= 15 is 0 Å². The summed E-state index contributed by atoms with van der Waals surface area (Å²) in [7, 11) is 1.31. The zero-order chi connectivity index (χ0) is 34.5. The number of hydrogen-bond acceptors (Lipinski definition) is 10. The number of cyclic esters (lactones) is 1. The molecular weight excluding hydrogens is 634 g/mol. The number of alkyl halides is 6. The molecule has 11 nitrogen and oxygen atoms in total. The van der Waals surface area contributed by atoms with E-state index < -0.39 is 86.5 Å². The van der Waals surface area contributed by atoms with Crippen molar-refractivity contribution in [2.75, 3.05) is 27.1 Å². The van der Waals surface area contributed by atoms with Crippen LogP contribution in [0.25, 0.3) is 0 Å². The third-order valence-electron chi connectivity index (χ3n) is 6.73. The first-order chi connectivity index (χ1) is 21.5. The lowest BCUT2D eigenvalue weighted by Gasteiger charge is -2.31. The highest BCUT2D eigenvalue weighted by atomic mass is 19.4. The Labute approximate surface area is 262 Å². The average Bonchev–Trinajstić information content (AvgIpc) is 3.01. The van der Waals surface area contributed by atoms with E-state index in [4.69, 9.17) is 28.4 Å². The van der Waals surface area contributed by atoms with Crippen LogP contribution in [0.4, 0.5) is 26.3 Å². The zero-order valence-electron chi connectivity index (χ0n) is 26.0. The highest BCUT2D eigenvalue weighted by molar-refractivity contribution is 5.98. The number of carbonyl (C=O) groups is 3. The van der Waals surface area contributed by atoms with Gasteiger partial charge < -0.3 is 33.7 Å². The highest BCUT2D eigenvalue weighted by Gasteiger charge is 2.37. The smallest absolute Gasteiger partial charge is 0.389 e. The molecule has 1 aromatic rings. The number of esters is 2. The third kappa shape index (κ3) is 13.6. The van der Waals surface area contributed by atoms with Crippen LogP contribution in [-0.4, -0.2) is 86.7 Å². The number of carbonyl (C=O) groups excluding carboxylic acids is 3. The molecule has 0 radical (unpaired) electrons. The van der Waals surface area contributed by atoms with Gasteiger partial charge in [-0.05, 0) is 39.0 Å². The second kappa shape index (κ2) is 18.1. The van der Waals surface area contributed by atoms with Gasteiger partial charge in [0.1, 0.15) is 18.2 Å². The van der Waals surface area contributed by atoms with Gasteiger partial charge in [0.15, 0.2) is 17.2 Å². The number of amides is 1. The molecule has 1 aliphatic heterocycles. The average molecular weight is 675 g/mol. The van der Waals surface area contributed by atoms with Gasteiger partial charge in [0.05, 0.1) is 19.1 Å². The van der Waals surface area contributed by atoms with Gasteiger partial charge in [0, 0.05) is 38.3 Å². The van der Waals surface area contributed by atoms with Crippen molar-refractivity contribution < 1.29 is 69.1 Å². The fraction of sp³-hybridized carbons (Fsp3) is 0.724. The molecule has 1 aliphatic rings. The molecule has 0 aromatic carbocycles. The number of methoxy groups -OCH3 is 1. The summed E-state index contributed by atoms with van der Waals surface area (Å²) >= 11 is 0. The molecule has 46 heavy (non-hydrogen) atoms. The topological polar surface area (TPSA) is 132 Å². The van der Waals surface area contributed by atoms with Gasteiger partial charge in [-0.15, -0.1) is 0 Å². The van der Waals surface area contributed by atoms with Gasteiger partial charge in [0.25, 0.3) is 5.91 Å². The Morgan fingerprint density at radius 1 is 1.04 bits per heavy atom. The molecule has 1 amide bonds. The molecule has 1 aromatic heterocycles. The van der Waals surface area contributed by atoms with E-state index in [-0.39, 0.29) is 56.1 Å². The van der Waals surface area contributed by atoms with Crippen LogP contribution in [0.1, 0.15) is 76.2 Å². The number of rotatable bonds is 15. The van der Waals surface area contributed by atoms with Gasteiger partial charge in [-0.2, -0.15) is 26.3 Å². The van der Waals surface area contributed by atoms with Crippen molar-refractivity contribution in [1.29, 1.82) is 0 Å². The molecule has 1 saturated heterocycles. The van der Waals surface area contributed by atoms with Gasteiger partial charge in [-0.3, -0.25) is 9.59 Å². The molecule has 4 atom stereocenters. The first-order valence-electron chi connectivity index (χ1n) is 14.7. The summed E-state index contributed by atoms with van der Waals surface area (Å²) in [6.07, 6.45) is -13.3. The lowest BCUT2D eigenvalue weighted by Crippen LogP contribution is -2.46. The summed E-state index contributed by atoms with van der Waals surface area (Å²) in [6.45, 7) is 3.41. The van der Waals surface area contributed by atoms with Crippen molar-refractivity contribution in [2.24, 2.45) is 5.92 Å². The van der Waals surface area contributed by atoms with E-state index in [9.17, 15) is 40.7 Å². The Morgan fingerprint density at radius 3 is 2.26 bits per heavy atom. The number of nitrogens with zero attached hydrogens (tertiary/aromatic N) is 1. The molecular formula is C29H40F6N2O9. The summed E-state index contributed by atoms with van der Waals surface area (Å²) in [5.41, 5.74) is -0.294. The van der Waals surface area contributed by atoms with Gasteiger partial charge in [-0.25, -0.2) is 9.78 Å². The molecule has 2 rings (SSSR count). The van der Waals surface area contributed by atoms with Crippen molar-refractivity contribution in [3.63, 3.8) is 0 Å². The summed E-state index contributed by atoms with van der Waals surface area (Å²) in [5.74, 6) is -2.82. The number of halogens is 6. The number of ether oxygens (including phenoxy) is 6. The minimum atomic E-state index is -4.42. The van der Waals surface area contributed by atoms with Crippen molar-refractivity contribution in [2.45, 2.75) is 102 Å². The fourth-order valence-corrected chi connectivity index (χ4v) is 4.42. The molecule has 0 aliphatic carbocycles. The van der Waals surface area contributed by atoms with Crippen LogP contribution in [0.2, 0.25) is 0 Å². The lowest BCUT2D eigenvalue weighted by atomic mass is 10.0. The van der Waals surface area contributed by atoms with E-state index in [1.807, 2.05) is 0 Å². The minimum absolute atomic E-state index is 0.00661. The maximum absolute atomic E-state index is 13.3. The van der Waals surface area contributed by atoms with Crippen LogP contribution < -0.4 is 14.8 Å². The predicted octanol–water partition coefficient (Wildman–Crippen LogP) is 5.30. The Kier molecular flexibility index (Phi) is 15.3. The largest absolute Gasteiger partial charge is 0.493 e. The Balaban J connectivity index is 2.19. The highest BCUT2D eigenvalue weighted by Crippen LogP contribution is 2.30. The first-order valence-corrected chi connectivity index (χ1v) is 14.7. The van der Waals surface area contributed by atoms with E-state index in [0.717, 1.165) is 0 Å². The fourth-order valence-electron chi connectivity index (χ4n) is 4.42. The van der Waals surface area contributed by atoms with Gasteiger partial charge >= 0.3 is 24.3 Å². The molecule has 262 valence electrons. The summed E-state index contributed by atoms with van der Waals surface area (Å²) < 4.78 is 108. The quantitative estimate of drug-likeness (QED) is 0.113. The minimum Gasteiger partial charge on any atom is -0.493 e. The summed E-state index contributed by atoms with van der Waals surface area (Å²) in [5, 5.41) is 2.53. The molecule has 1 N–H and O–H groups in total. The van der Waals surface area contributed by atoms with Crippen LogP contribution in [0.5, 0.6) is 11.5 Å². The number of aromatic nitrogens is 1. The van der Waals surface area contributed by atoms with Crippen molar-refractivity contribution in [3.8, 4) is 11.5 Å². The van der Waals surface area contributed by atoms with Crippen LogP contribution in [0, 0.1) is 5.92 Å². The van der Waals surface area contributed by atoms with Crippen LogP contribution in [0.3, 0.4) is 0 Å². The van der Waals surface area contributed by atoms with Gasteiger partial charge in [-0.1, -0.05) is 13.8 Å². The summed E-state index contributed by atoms with van der Waals surface area (Å²) in [4.78, 5) is 42.3. The number of nitrogens with one attached hydrogen (secondary N) is 1. The second-order valence-electron chi connectivity index (χ2n) is 10.9. The summed E-state index contributed by atoms with van der Waals surface area (Å²) in [6, 6.07) is 0.167. The normalized spacial score (nSPS) is 21.1. The van der Waals surface area contributed by atoms with E-state index in [1.54, 1.807) is 13.8 Å². The molecule has 1 fully saturated rings. The maximum Gasteiger partial charge on any atom is 0.389 e. The van der Waals surface area contributed by atoms with Crippen molar-refractivity contribution >= 4 is 17.8 Å². The third-order valence-corrected chi connectivity index (χ3v) is 6.73. The van der Waals surface area contributed by atoms with Gasteiger partial charge in [0.2, 0.25) is 6.79 Å². The van der Waals surface area contributed by atoms with E-state index in [1.165, 1.54) is 26.3 Å². The Morgan fingerprint density at radius 2 is 1.67 bits per heavy atom. The number of pyridine rings is 1. The standard InChI is InChI=1S/C29H40F6N2O9/c1-17(2)26(39)45-16-44-24-20(41-4)10-13-36-22(24)25(38)37-19-8-5-9-21(42-14-6-11-28(30,31)32)23(18(3)46-27(19)40)43-15-7-12-29(33,34)35/h10,13,17-19,21,23H,5-9,11-12,14-16H2,1-4H3,(H,37,38)/t18-,19-,21-,23-/m0/s1. The van der Waals surface area contributed by atoms with Crippen LogP contribution in [0.15, 0.2) is 12.3 Å². The molecule has 0 unspecified atom stereocenters. The monoisotopic (exact) mass is 674 g/mol. The zero-order valence-corrected chi connectivity index (χ0v) is 26.0. The SMILES string of the molecule is COc1ccnc(C(=O)N[C@H]2CCC[C@H](OCCCC(F)(F)F)[C@@H](OCCCC(F)(F)F)[C@H](C)OC2=O)c1OCOC(=O)C(C)C. The molecule has 0 bridgehead atoms. The van der Waals surface area contributed by atoms with E-state index in [2.05, 4.69) is 10.3 Å². The van der Waals surface area contributed by atoms with Crippen molar-refractivity contribution in [1.82, 2.24) is 10.3 Å². The molecule has 0 spiro atoms. The van der Waals surface area contributed by atoms with Crippen LogP contribution >= 0.6 is 0 Å². The number of hydrogen-bond donors (Lipinski definition) is 1. The van der Waals surface area contributed by atoms with Crippen molar-refractivity contribution in [3.05, 3.63) is 18.0 Å². The Hall–Kier alpha value is -3.34. The second-order valence-corrected chi connectivity index (χ2v) is 10.9. The maximum atomic E-state index is 13.3. The molecule has 17 heteroatoms.